The lowest BCUT2D eigenvalue weighted by Crippen LogP contribution is -2.51. The molecule has 3 aromatic carbocycles. The van der Waals surface area contributed by atoms with Crippen LogP contribution in [-0.2, 0) is 14.3 Å². The Balaban J connectivity index is 1.06. The van der Waals surface area contributed by atoms with Crippen molar-refractivity contribution in [2.45, 2.75) is 103 Å². The molecule has 71 heavy (non-hydrogen) atoms. The van der Waals surface area contributed by atoms with Crippen LogP contribution in [0, 0.1) is 17.7 Å². The molecule has 17 nitrogen and oxygen atoms in total. The van der Waals surface area contributed by atoms with Crippen LogP contribution < -0.4 is 20.1 Å². The van der Waals surface area contributed by atoms with Crippen molar-refractivity contribution < 1.29 is 47.3 Å². The zero-order valence-electron chi connectivity index (χ0n) is 40.5. The minimum atomic E-state index is -1.30. The topological polar surface area (TPSA) is 209 Å². The summed E-state index contributed by atoms with van der Waals surface area (Å²) in [5.41, 5.74) is 4.71. The number of nitrogens with zero attached hydrogens (tertiary/aromatic N) is 5. The van der Waals surface area contributed by atoms with Gasteiger partial charge in [-0.15, -0.1) is 0 Å². The van der Waals surface area contributed by atoms with E-state index in [1.165, 1.54) is 18.1 Å². The minimum Gasteiger partial charge on any atom is -0.494 e. The van der Waals surface area contributed by atoms with Crippen LogP contribution in [0.1, 0.15) is 102 Å². The Morgan fingerprint density at radius 3 is 2.30 bits per heavy atom. The predicted molar refractivity (Wildman–Crippen MR) is 260 cm³/mol. The fourth-order valence-corrected chi connectivity index (χ4v) is 10.0. The average Bonchev–Trinajstić information content (AvgIpc) is 4.21. The summed E-state index contributed by atoms with van der Waals surface area (Å²) in [5, 5.41) is 15.2. The largest absolute Gasteiger partial charge is 0.494 e. The molecule has 374 valence electrons. The smallest absolute Gasteiger partial charge is 0.407 e. The molecule has 3 aromatic heterocycles. The van der Waals surface area contributed by atoms with E-state index in [-0.39, 0.29) is 36.3 Å². The van der Waals surface area contributed by atoms with Gasteiger partial charge in [0.1, 0.15) is 47.2 Å². The highest BCUT2D eigenvalue weighted by Crippen LogP contribution is 2.48. The number of carboxylic acid groups (broad SMARTS) is 1. The summed E-state index contributed by atoms with van der Waals surface area (Å²) in [6.07, 6.45) is 2.37. The van der Waals surface area contributed by atoms with Gasteiger partial charge in [-0.3, -0.25) is 9.59 Å². The Morgan fingerprint density at radius 1 is 0.887 bits per heavy atom. The van der Waals surface area contributed by atoms with Gasteiger partial charge in [0.2, 0.25) is 18.0 Å². The lowest BCUT2D eigenvalue weighted by atomic mass is 10.0. The van der Waals surface area contributed by atoms with E-state index in [4.69, 9.17) is 14.2 Å². The van der Waals surface area contributed by atoms with Crippen molar-refractivity contribution in [3.63, 3.8) is 0 Å². The van der Waals surface area contributed by atoms with Crippen molar-refractivity contribution in [1.82, 2.24) is 44.9 Å². The fourth-order valence-electron chi connectivity index (χ4n) is 10.0. The van der Waals surface area contributed by atoms with Gasteiger partial charge in [-0.2, -0.15) is 0 Å². The lowest BCUT2D eigenvalue weighted by Gasteiger charge is -2.31. The molecule has 6 unspecified atom stereocenters. The number of alkyl halides is 1. The van der Waals surface area contributed by atoms with Crippen LogP contribution in [0.2, 0.25) is 0 Å². The van der Waals surface area contributed by atoms with Gasteiger partial charge in [0.05, 0.1) is 72.9 Å². The first-order valence-corrected chi connectivity index (χ1v) is 24.2. The number of benzene rings is 3. The molecule has 0 spiro atoms. The number of rotatable bonds is 15. The molecule has 2 saturated heterocycles. The Morgan fingerprint density at radius 2 is 1.59 bits per heavy atom. The number of unbranched alkanes of at least 4 members (excludes halogenated alkanes) is 1. The number of ether oxygens (including phenoxy) is 3. The van der Waals surface area contributed by atoms with Gasteiger partial charge in [-0.05, 0) is 73.6 Å². The number of halogens is 2. The number of methoxy groups -OCH3 is 1. The number of hydrogen-bond donors (Lipinski definition) is 5. The molecule has 3 aliphatic rings. The van der Waals surface area contributed by atoms with Gasteiger partial charge in [0.15, 0.2) is 0 Å². The molecule has 6 heterocycles. The predicted octanol–water partition coefficient (Wildman–Crippen LogP) is 9.29. The molecule has 19 heteroatoms. The van der Waals surface area contributed by atoms with Crippen LogP contribution in [0.5, 0.6) is 11.5 Å². The van der Waals surface area contributed by atoms with E-state index in [0.29, 0.717) is 71.8 Å². The molecule has 4 amide bonds. The first-order valence-electron chi connectivity index (χ1n) is 24.2. The number of imidazole rings is 2. The van der Waals surface area contributed by atoms with Crippen molar-refractivity contribution in [2.24, 2.45) is 11.8 Å². The van der Waals surface area contributed by atoms with Gasteiger partial charge in [0.25, 0.3) is 0 Å². The second-order valence-electron chi connectivity index (χ2n) is 19.2. The number of nitrogens with one attached hydrogen (secondary N) is 4. The number of carbonyl (C=O) groups is 4. The van der Waals surface area contributed by atoms with Crippen molar-refractivity contribution in [3.8, 4) is 45.3 Å². The van der Waals surface area contributed by atoms with E-state index in [9.17, 15) is 24.3 Å². The number of alkyl carbamates (subject to hydrolysis) is 1. The summed E-state index contributed by atoms with van der Waals surface area (Å²) in [5.74, 6) is 0.00954. The van der Waals surface area contributed by atoms with Crippen molar-refractivity contribution in [2.75, 3.05) is 26.8 Å². The Bertz CT molecular complexity index is 2970. The molecule has 0 aliphatic carbocycles. The number of aromatic nitrogens is 5. The van der Waals surface area contributed by atoms with Gasteiger partial charge < -0.3 is 54.3 Å². The first-order chi connectivity index (χ1) is 34.1. The van der Waals surface area contributed by atoms with Gasteiger partial charge in [0, 0.05) is 35.0 Å². The second kappa shape index (κ2) is 20.1. The van der Waals surface area contributed by atoms with E-state index in [0.717, 1.165) is 34.9 Å². The molecule has 6 atom stereocenters. The normalized spacial score (nSPS) is 19.4. The van der Waals surface area contributed by atoms with Crippen LogP contribution in [-0.4, -0.2) is 108 Å². The highest BCUT2D eigenvalue weighted by atomic mass is 19.1. The summed E-state index contributed by atoms with van der Waals surface area (Å²) in [7, 11) is 1.22. The molecule has 9 rings (SSSR count). The lowest BCUT2D eigenvalue weighted by molar-refractivity contribution is -0.136. The van der Waals surface area contributed by atoms with Crippen LogP contribution in [0.4, 0.5) is 18.4 Å². The Hall–Kier alpha value is -7.44. The second-order valence-corrected chi connectivity index (χ2v) is 19.2. The van der Waals surface area contributed by atoms with E-state index in [1.54, 1.807) is 51.1 Å². The zero-order chi connectivity index (χ0) is 50.2. The molecular formula is C52H59F2N9O8. The average molecular weight is 976 g/mol. The fraction of sp³-hybridized carbons (Fsp3) is 0.423. The third-order valence-electron chi connectivity index (χ3n) is 13.6. The summed E-state index contributed by atoms with van der Waals surface area (Å²) in [6, 6.07) is 15.6. The number of likely N-dealkylation sites (tertiary alicyclic amines) is 2. The zero-order valence-corrected chi connectivity index (χ0v) is 40.5. The maximum absolute atomic E-state index is 17.0. The Labute approximate surface area is 409 Å². The van der Waals surface area contributed by atoms with Gasteiger partial charge >= 0.3 is 12.2 Å². The maximum atomic E-state index is 17.0. The van der Waals surface area contributed by atoms with E-state index in [2.05, 4.69) is 37.5 Å². The van der Waals surface area contributed by atoms with E-state index < -0.39 is 60.5 Å². The number of aromatic amines is 2. The van der Waals surface area contributed by atoms with Crippen LogP contribution in [0.25, 0.3) is 44.7 Å². The molecule has 6 aromatic rings. The number of amides is 4. The number of fused-ring (bicyclic) bond motifs is 5. The number of H-pyrrole nitrogens is 2. The van der Waals surface area contributed by atoms with Crippen LogP contribution in [0.3, 0.4) is 0 Å². The van der Waals surface area contributed by atoms with Crippen molar-refractivity contribution in [1.29, 1.82) is 0 Å². The first kappa shape index (κ1) is 48.6. The standard InChI is InChI=1S/C52H59F2N9O8/c1-7-8-17-70-34-12-9-11-30(19-34)50-63-38-15-14-29(36-24-56-47(57-36)41-23-33(53)26-62(41)49(65)45(28(4)5)60-52(68)69-6)18-32(38)21-40(63)43-35(54)20-31(22-42(43)71-50)37-25-55-46(58-37)39-13-10-16-61(39)48(64)44(27(2)3)59-51(66)67/h9,11-12,14-15,18-22,24-25,27-28,33,39,41,44-45,50,59H,7-8,10,13,16-17,23,26H2,1-6H3,(H,55,58)(H,56,57)(H,60,68)(H,66,67). The van der Waals surface area contributed by atoms with E-state index in [1.807, 2.05) is 53.1 Å². The quantitative estimate of drug-likeness (QED) is 0.0616. The number of hydrogen-bond acceptors (Lipinski definition) is 9. The molecule has 0 radical (unpaired) electrons. The van der Waals surface area contributed by atoms with Crippen molar-refractivity contribution >= 4 is 34.9 Å². The molecule has 0 saturated carbocycles. The molecule has 5 N–H and O–H groups in total. The SMILES string of the molecule is CCCCOc1cccc(C2Oc3cc(-c4cnc(C5CCCN5C(=O)C(NC(=O)O)C(C)C)[nH]4)cc(F)c3-c3cc4cc(-c5cnc(C6CC(F)CN6C(=O)C(NC(=O)OC)C(C)C)[nH]5)ccc4n32)c1. The highest BCUT2D eigenvalue weighted by molar-refractivity contribution is 5.93. The van der Waals surface area contributed by atoms with Crippen molar-refractivity contribution in [3.05, 3.63) is 96.1 Å². The molecular weight excluding hydrogens is 917 g/mol. The summed E-state index contributed by atoms with van der Waals surface area (Å²) in [4.78, 5) is 70.2. The highest BCUT2D eigenvalue weighted by Gasteiger charge is 2.42. The summed E-state index contributed by atoms with van der Waals surface area (Å²) >= 11 is 0. The van der Waals surface area contributed by atoms with Gasteiger partial charge in [-0.1, -0.05) is 59.2 Å². The summed E-state index contributed by atoms with van der Waals surface area (Å²) in [6.45, 7) is 10.1. The molecule has 0 bridgehead atoms. The van der Waals surface area contributed by atoms with Gasteiger partial charge in [-0.25, -0.2) is 28.3 Å². The Kier molecular flexibility index (Phi) is 13.8. The molecule has 2 fully saturated rings. The van der Waals surface area contributed by atoms with E-state index >= 15 is 8.78 Å². The molecule has 3 aliphatic heterocycles. The third-order valence-corrected chi connectivity index (χ3v) is 13.6. The minimum absolute atomic E-state index is 0.0283. The summed E-state index contributed by atoms with van der Waals surface area (Å²) < 4.78 is 51.8. The monoisotopic (exact) mass is 975 g/mol. The third kappa shape index (κ3) is 9.60. The maximum Gasteiger partial charge on any atom is 0.407 e. The van der Waals surface area contributed by atoms with Crippen LogP contribution in [0.15, 0.2) is 73.1 Å². The number of carbonyl (C=O) groups excluding carboxylic acids is 3. The van der Waals surface area contributed by atoms with Crippen LogP contribution >= 0.6 is 0 Å².